The predicted molar refractivity (Wildman–Crippen MR) is 87.3 cm³/mol. The van der Waals surface area contributed by atoms with Crippen molar-refractivity contribution < 1.29 is 9.59 Å². The van der Waals surface area contributed by atoms with Crippen molar-refractivity contribution in [3.8, 4) is 0 Å². The van der Waals surface area contributed by atoms with E-state index in [1.54, 1.807) is 4.90 Å². The lowest BCUT2D eigenvalue weighted by Gasteiger charge is -2.25. The lowest BCUT2D eigenvalue weighted by Crippen LogP contribution is -2.43. The zero-order chi connectivity index (χ0) is 15.9. The SMILES string of the molecule is CC(=O)N(CC(=O)NC1CCCCC1)Cc1ccc(C)cc1. The average Bonchev–Trinajstić information content (AvgIpc) is 2.49. The number of nitrogens with one attached hydrogen (secondary N) is 1. The topological polar surface area (TPSA) is 49.4 Å². The maximum absolute atomic E-state index is 12.2. The Hall–Kier alpha value is -1.84. The lowest BCUT2D eigenvalue weighted by molar-refractivity contribution is -0.135. The molecule has 0 heterocycles. The number of carbonyl (C=O) groups is 2. The summed E-state index contributed by atoms with van der Waals surface area (Å²) in [5.41, 5.74) is 2.24. The highest BCUT2D eigenvalue weighted by Gasteiger charge is 2.19. The molecule has 4 heteroatoms. The van der Waals surface area contributed by atoms with Gasteiger partial charge in [-0.3, -0.25) is 9.59 Å². The van der Waals surface area contributed by atoms with Crippen molar-refractivity contribution in [2.45, 2.75) is 58.5 Å². The van der Waals surface area contributed by atoms with Crippen LogP contribution in [-0.2, 0) is 16.1 Å². The van der Waals surface area contributed by atoms with Crippen LogP contribution < -0.4 is 5.32 Å². The smallest absolute Gasteiger partial charge is 0.239 e. The van der Waals surface area contributed by atoms with Crippen molar-refractivity contribution in [1.82, 2.24) is 10.2 Å². The van der Waals surface area contributed by atoms with Gasteiger partial charge in [0.2, 0.25) is 11.8 Å². The van der Waals surface area contributed by atoms with Crippen molar-refractivity contribution in [1.29, 1.82) is 0 Å². The first-order valence-corrected chi connectivity index (χ1v) is 8.15. The van der Waals surface area contributed by atoms with Crippen molar-refractivity contribution >= 4 is 11.8 Å². The number of hydrogen-bond donors (Lipinski definition) is 1. The first-order chi connectivity index (χ1) is 10.5. The summed E-state index contributed by atoms with van der Waals surface area (Å²) >= 11 is 0. The third-order valence-electron chi connectivity index (χ3n) is 4.24. The van der Waals surface area contributed by atoms with Crippen LogP contribution in [-0.4, -0.2) is 29.3 Å². The molecule has 1 aromatic carbocycles. The van der Waals surface area contributed by atoms with Gasteiger partial charge in [0.25, 0.3) is 0 Å². The van der Waals surface area contributed by atoms with E-state index in [0.717, 1.165) is 18.4 Å². The average molecular weight is 302 g/mol. The van der Waals surface area contributed by atoms with Gasteiger partial charge in [-0.2, -0.15) is 0 Å². The number of amides is 2. The number of benzene rings is 1. The molecule has 0 spiro atoms. The van der Waals surface area contributed by atoms with E-state index in [-0.39, 0.29) is 24.4 Å². The number of hydrogen-bond acceptors (Lipinski definition) is 2. The standard InChI is InChI=1S/C18H26N2O2/c1-14-8-10-16(11-9-14)12-20(15(2)21)13-18(22)19-17-6-4-3-5-7-17/h8-11,17H,3-7,12-13H2,1-2H3,(H,19,22). The molecule has 2 amide bonds. The van der Waals surface area contributed by atoms with Gasteiger partial charge >= 0.3 is 0 Å². The number of rotatable bonds is 5. The normalized spacial score (nSPS) is 15.4. The van der Waals surface area contributed by atoms with Crippen molar-refractivity contribution in [2.24, 2.45) is 0 Å². The van der Waals surface area contributed by atoms with Crippen LogP contribution >= 0.6 is 0 Å². The fourth-order valence-corrected chi connectivity index (χ4v) is 2.89. The van der Waals surface area contributed by atoms with Gasteiger partial charge in [0.05, 0.1) is 6.54 Å². The summed E-state index contributed by atoms with van der Waals surface area (Å²) in [6.45, 7) is 4.17. The second-order valence-corrected chi connectivity index (χ2v) is 6.26. The van der Waals surface area contributed by atoms with E-state index in [2.05, 4.69) is 5.32 Å². The molecule has 120 valence electrons. The Morgan fingerprint density at radius 1 is 1.14 bits per heavy atom. The van der Waals surface area contributed by atoms with E-state index in [1.165, 1.54) is 31.7 Å². The molecule has 0 radical (unpaired) electrons. The van der Waals surface area contributed by atoms with Gasteiger partial charge in [0.15, 0.2) is 0 Å². The van der Waals surface area contributed by atoms with Crippen LogP contribution in [0.3, 0.4) is 0 Å². The molecule has 0 unspecified atom stereocenters. The molecule has 1 aromatic rings. The molecule has 0 saturated heterocycles. The summed E-state index contributed by atoms with van der Waals surface area (Å²) in [4.78, 5) is 25.6. The summed E-state index contributed by atoms with van der Waals surface area (Å²) in [5.74, 6) is -0.117. The fraction of sp³-hybridized carbons (Fsp3) is 0.556. The Morgan fingerprint density at radius 2 is 1.77 bits per heavy atom. The molecule has 1 fully saturated rings. The third-order valence-corrected chi connectivity index (χ3v) is 4.24. The van der Waals surface area contributed by atoms with Crippen LogP contribution in [0.4, 0.5) is 0 Å². The molecule has 4 nitrogen and oxygen atoms in total. The van der Waals surface area contributed by atoms with Gasteiger partial charge in [-0.05, 0) is 25.3 Å². The van der Waals surface area contributed by atoms with Crippen LogP contribution in [0.5, 0.6) is 0 Å². The molecule has 0 atom stereocenters. The van der Waals surface area contributed by atoms with Crippen molar-refractivity contribution in [2.75, 3.05) is 6.54 Å². The van der Waals surface area contributed by atoms with Gasteiger partial charge in [-0.15, -0.1) is 0 Å². The number of nitrogens with zero attached hydrogens (tertiary/aromatic N) is 1. The molecular weight excluding hydrogens is 276 g/mol. The number of carbonyl (C=O) groups excluding carboxylic acids is 2. The summed E-state index contributed by atoms with van der Waals surface area (Å²) in [7, 11) is 0. The third kappa shape index (κ3) is 5.17. The Kier molecular flexibility index (Phi) is 5.99. The highest BCUT2D eigenvalue weighted by molar-refractivity contribution is 5.83. The minimum Gasteiger partial charge on any atom is -0.352 e. The molecule has 2 rings (SSSR count). The minimum absolute atomic E-state index is 0.0470. The molecule has 1 N–H and O–H groups in total. The molecular formula is C18H26N2O2. The Bertz CT molecular complexity index is 504. The van der Waals surface area contributed by atoms with Gasteiger partial charge < -0.3 is 10.2 Å². The predicted octanol–water partition coefficient (Wildman–Crippen LogP) is 2.79. The second kappa shape index (κ2) is 7.97. The van der Waals surface area contributed by atoms with E-state index in [4.69, 9.17) is 0 Å². The molecule has 1 saturated carbocycles. The van der Waals surface area contributed by atoms with E-state index in [9.17, 15) is 9.59 Å². The first kappa shape index (κ1) is 16.5. The van der Waals surface area contributed by atoms with Crippen molar-refractivity contribution in [3.05, 3.63) is 35.4 Å². The van der Waals surface area contributed by atoms with Gasteiger partial charge in [0.1, 0.15) is 0 Å². The van der Waals surface area contributed by atoms with Crippen LogP contribution in [0, 0.1) is 6.92 Å². The minimum atomic E-state index is -0.0700. The maximum atomic E-state index is 12.2. The van der Waals surface area contributed by atoms with Crippen LogP contribution in [0.2, 0.25) is 0 Å². The van der Waals surface area contributed by atoms with E-state index < -0.39 is 0 Å². The first-order valence-electron chi connectivity index (χ1n) is 8.15. The van der Waals surface area contributed by atoms with E-state index in [0.29, 0.717) is 6.54 Å². The number of aryl methyl sites for hydroxylation is 1. The van der Waals surface area contributed by atoms with E-state index in [1.807, 2.05) is 31.2 Å². The Labute approximate surface area is 132 Å². The van der Waals surface area contributed by atoms with Crippen molar-refractivity contribution in [3.63, 3.8) is 0 Å². The monoisotopic (exact) mass is 302 g/mol. The quantitative estimate of drug-likeness (QED) is 0.909. The summed E-state index contributed by atoms with van der Waals surface area (Å²) < 4.78 is 0. The molecule has 0 aromatic heterocycles. The zero-order valence-corrected chi connectivity index (χ0v) is 13.6. The second-order valence-electron chi connectivity index (χ2n) is 6.26. The molecule has 1 aliphatic rings. The largest absolute Gasteiger partial charge is 0.352 e. The van der Waals surface area contributed by atoms with Crippen LogP contribution in [0.25, 0.3) is 0 Å². The summed E-state index contributed by atoms with van der Waals surface area (Å²) in [6, 6.07) is 8.34. The van der Waals surface area contributed by atoms with Crippen LogP contribution in [0.1, 0.15) is 50.2 Å². The Balaban J connectivity index is 1.88. The van der Waals surface area contributed by atoms with Crippen LogP contribution in [0.15, 0.2) is 24.3 Å². The van der Waals surface area contributed by atoms with E-state index >= 15 is 0 Å². The molecule has 1 aliphatic carbocycles. The van der Waals surface area contributed by atoms with Gasteiger partial charge in [-0.25, -0.2) is 0 Å². The zero-order valence-electron chi connectivity index (χ0n) is 13.6. The highest BCUT2D eigenvalue weighted by atomic mass is 16.2. The summed E-state index contributed by atoms with van der Waals surface area (Å²) in [6.07, 6.45) is 5.75. The highest BCUT2D eigenvalue weighted by Crippen LogP contribution is 2.17. The lowest BCUT2D eigenvalue weighted by atomic mass is 9.95. The van der Waals surface area contributed by atoms with Gasteiger partial charge in [-0.1, -0.05) is 49.1 Å². The molecule has 22 heavy (non-hydrogen) atoms. The maximum Gasteiger partial charge on any atom is 0.239 e. The van der Waals surface area contributed by atoms with Gasteiger partial charge in [0, 0.05) is 19.5 Å². The molecule has 0 bridgehead atoms. The summed E-state index contributed by atoms with van der Waals surface area (Å²) in [5, 5.41) is 3.07. The molecule has 0 aliphatic heterocycles. The Morgan fingerprint density at radius 3 is 2.36 bits per heavy atom. The fourth-order valence-electron chi connectivity index (χ4n) is 2.89.